The summed E-state index contributed by atoms with van der Waals surface area (Å²) in [6.45, 7) is 2.28. The van der Waals surface area contributed by atoms with Crippen LogP contribution >= 0.6 is 0 Å². The molecule has 0 bridgehead atoms. The number of aryl methyl sites for hydroxylation is 1. The molecular weight excluding hydrogens is 493 g/mol. The van der Waals surface area contributed by atoms with Gasteiger partial charge in [0.05, 0.1) is 11.1 Å². The molecule has 0 radical (unpaired) electrons. The van der Waals surface area contributed by atoms with Gasteiger partial charge in [0.25, 0.3) is 5.91 Å². The van der Waals surface area contributed by atoms with Crippen molar-refractivity contribution in [2.75, 3.05) is 32.1 Å². The Kier molecular flexibility index (Phi) is 8.71. The van der Waals surface area contributed by atoms with Crippen molar-refractivity contribution in [1.29, 1.82) is 0 Å². The first-order valence-electron chi connectivity index (χ1n) is 12.2. The zero-order valence-electron chi connectivity index (χ0n) is 20.4. The Labute approximate surface area is 216 Å². The number of carbonyl (C=O) groups is 1. The average Bonchev–Trinajstić information content (AvgIpc) is 3.58. The molecule has 194 valence electrons. The fourth-order valence-corrected chi connectivity index (χ4v) is 5.83. The van der Waals surface area contributed by atoms with E-state index in [1.54, 1.807) is 6.20 Å². The largest absolute Gasteiger partial charge is 0.352 e. The van der Waals surface area contributed by atoms with E-state index in [9.17, 15) is 17.6 Å². The van der Waals surface area contributed by atoms with E-state index < -0.39 is 9.84 Å². The summed E-state index contributed by atoms with van der Waals surface area (Å²) in [6.07, 6.45) is 5.91. The van der Waals surface area contributed by atoms with Crippen molar-refractivity contribution in [1.82, 2.24) is 20.4 Å². The number of H-pyrrole nitrogens is 1. The van der Waals surface area contributed by atoms with Gasteiger partial charge in [-0.3, -0.25) is 14.8 Å². The molecule has 1 aromatic heterocycles. The molecule has 0 aliphatic carbocycles. The number of hydrogen-bond donors (Lipinski definition) is 3. The number of rotatable bonds is 9. The summed E-state index contributed by atoms with van der Waals surface area (Å²) in [7, 11) is -3.72. The number of nitrogens with one attached hydrogen (secondary N) is 2. The first-order chi connectivity index (χ1) is 17.8. The standard InChI is InChI=1S/C27H30FN5O3S/c28-25-8-4-20(5-9-25)3-6-23-14-24(27(34)30-12-1-2-22-16-31-32-17-22)7-10-26(23)37(35,36)19-33-13-11-21(15-29)18-33/h4-5,7-10,14,16-17,21H,1-2,11-13,15,18-19,29H2,(H,30,34)(H,31,32). The van der Waals surface area contributed by atoms with E-state index in [1.165, 1.54) is 42.5 Å². The van der Waals surface area contributed by atoms with Gasteiger partial charge in [-0.1, -0.05) is 11.8 Å². The smallest absolute Gasteiger partial charge is 0.251 e. The highest BCUT2D eigenvalue weighted by Gasteiger charge is 2.28. The Morgan fingerprint density at radius 3 is 2.73 bits per heavy atom. The average molecular weight is 524 g/mol. The lowest BCUT2D eigenvalue weighted by atomic mass is 10.1. The predicted octanol–water partition coefficient (Wildman–Crippen LogP) is 2.32. The number of nitrogens with two attached hydrogens (primary N) is 1. The number of hydrogen-bond acceptors (Lipinski definition) is 6. The number of nitrogens with zero attached hydrogens (tertiary/aromatic N) is 2. The molecule has 1 fully saturated rings. The lowest BCUT2D eigenvalue weighted by molar-refractivity contribution is 0.0953. The second kappa shape index (κ2) is 12.1. The summed E-state index contributed by atoms with van der Waals surface area (Å²) in [4.78, 5) is 14.7. The monoisotopic (exact) mass is 523 g/mol. The van der Waals surface area contributed by atoms with Crippen LogP contribution in [-0.4, -0.2) is 61.5 Å². The lowest BCUT2D eigenvalue weighted by Crippen LogP contribution is -2.29. The molecule has 1 aliphatic rings. The molecule has 37 heavy (non-hydrogen) atoms. The SMILES string of the molecule is NCC1CCN(CS(=O)(=O)c2ccc(C(=O)NCCCc3cn[nH]c3)cc2C#Cc2ccc(F)cc2)C1. The fraction of sp³-hybridized carbons (Fsp3) is 0.333. The maximum Gasteiger partial charge on any atom is 0.251 e. The summed E-state index contributed by atoms with van der Waals surface area (Å²) in [6, 6.07) is 10.1. The van der Waals surface area contributed by atoms with Crippen LogP contribution in [-0.2, 0) is 16.3 Å². The van der Waals surface area contributed by atoms with E-state index in [-0.39, 0.29) is 34.0 Å². The number of sulfone groups is 1. The molecule has 0 saturated carbocycles. The lowest BCUT2D eigenvalue weighted by Gasteiger charge is -2.17. The van der Waals surface area contributed by atoms with E-state index in [4.69, 9.17) is 5.73 Å². The quantitative estimate of drug-likeness (QED) is 0.292. The van der Waals surface area contributed by atoms with E-state index in [1.807, 2.05) is 11.1 Å². The van der Waals surface area contributed by atoms with Crippen molar-refractivity contribution < 1.29 is 17.6 Å². The minimum Gasteiger partial charge on any atom is -0.352 e. The van der Waals surface area contributed by atoms with Crippen LogP contribution in [0.4, 0.5) is 4.39 Å². The number of likely N-dealkylation sites (tertiary alicyclic amines) is 1. The number of amides is 1. The third kappa shape index (κ3) is 7.26. The van der Waals surface area contributed by atoms with Gasteiger partial charge in [-0.15, -0.1) is 0 Å². The predicted molar refractivity (Wildman–Crippen MR) is 139 cm³/mol. The molecule has 2 aromatic carbocycles. The minimum atomic E-state index is -3.72. The second-order valence-corrected chi connectivity index (χ2v) is 11.1. The summed E-state index contributed by atoms with van der Waals surface area (Å²) in [5, 5.41) is 9.53. The maximum atomic E-state index is 13.4. The number of benzene rings is 2. The van der Waals surface area contributed by atoms with Crippen molar-refractivity contribution >= 4 is 15.7 Å². The molecule has 4 N–H and O–H groups in total. The maximum absolute atomic E-state index is 13.4. The molecule has 1 aliphatic heterocycles. The second-order valence-electron chi connectivity index (χ2n) is 9.15. The molecule has 4 rings (SSSR count). The summed E-state index contributed by atoms with van der Waals surface area (Å²) in [5.41, 5.74) is 7.88. The number of carbonyl (C=O) groups excluding carboxylic acids is 1. The van der Waals surface area contributed by atoms with Crippen molar-refractivity contribution in [2.45, 2.75) is 24.2 Å². The Balaban J connectivity index is 1.54. The molecule has 10 heteroatoms. The zero-order valence-corrected chi connectivity index (χ0v) is 21.2. The van der Waals surface area contributed by atoms with Gasteiger partial charge in [-0.05, 0) is 86.3 Å². The number of halogens is 1. The van der Waals surface area contributed by atoms with Crippen molar-refractivity contribution in [3.8, 4) is 11.8 Å². The van der Waals surface area contributed by atoms with Crippen molar-refractivity contribution in [2.24, 2.45) is 11.7 Å². The van der Waals surface area contributed by atoms with Gasteiger partial charge < -0.3 is 11.1 Å². The van der Waals surface area contributed by atoms with Gasteiger partial charge >= 0.3 is 0 Å². The molecule has 2 heterocycles. The van der Waals surface area contributed by atoms with Gasteiger partial charge in [0.1, 0.15) is 11.7 Å². The number of aromatic nitrogens is 2. The van der Waals surface area contributed by atoms with Crippen LogP contribution in [0.5, 0.6) is 0 Å². The Bertz CT molecular complexity index is 1380. The number of aromatic amines is 1. The fourth-order valence-electron chi connectivity index (χ4n) is 4.26. The van der Waals surface area contributed by atoms with Crippen LogP contribution in [0.25, 0.3) is 0 Å². The highest BCUT2D eigenvalue weighted by molar-refractivity contribution is 7.91. The van der Waals surface area contributed by atoms with E-state index >= 15 is 0 Å². The van der Waals surface area contributed by atoms with E-state index in [0.29, 0.717) is 37.3 Å². The summed E-state index contributed by atoms with van der Waals surface area (Å²) >= 11 is 0. The Morgan fingerprint density at radius 2 is 2.03 bits per heavy atom. The molecular formula is C27H30FN5O3S. The van der Waals surface area contributed by atoms with E-state index in [0.717, 1.165) is 24.8 Å². The van der Waals surface area contributed by atoms with Gasteiger partial charge in [0.15, 0.2) is 9.84 Å². The third-order valence-electron chi connectivity index (χ3n) is 6.30. The van der Waals surface area contributed by atoms with E-state index in [2.05, 4.69) is 27.4 Å². The van der Waals surface area contributed by atoms with Gasteiger partial charge in [-0.2, -0.15) is 5.10 Å². The van der Waals surface area contributed by atoms with Crippen LogP contribution in [0.1, 0.15) is 39.9 Å². The molecule has 1 amide bonds. The highest BCUT2D eigenvalue weighted by Crippen LogP contribution is 2.23. The van der Waals surface area contributed by atoms with Gasteiger partial charge in [0, 0.05) is 36.0 Å². The third-order valence-corrected chi connectivity index (χ3v) is 8.03. The van der Waals surface area contributed by atoms with Crippen LogP contribution < -0.4 is 11.1 Å². The minimum absolute atomic E-state index is 0.0646. The molecule has 0 spiro atoms. The Morgan fingerprint density at radius 1 is 1.22 bits per heavy atom. The summed E-state index contributed by atoms with van der Waals surface area (Å²) in [5.74, 6) is 5.23. The first-order valence-corrected chi connectivity index (χ1v) is 13.8. The van der Waals surface area contributed by atoms with Crippen LogP contribution in [0.3, 0.4) is 0 Å². The molecule has 1 unspecified atom stereocenters. The highest BCUT2D eigenvalue weighted by atomic mass is 32.2. The van der Waals surface area contributed by atoms with Crippen LogP contribution in [0.15, 0.2) is 59.8 Å². The van der Waals surface area contributed by atoms with Crippen molar-refractivity contribution in [3.63, 3.8) is 0 Å². The normalized spacial score (nSPS) is 15.8. The molecule has 3 aromatic rings. The van der Waals surface area contributed by atoms with Gasteiger partial charge in [0.2, 0.25) is 0 Å². The van der Waals surface area contributed by atoms with Crippen LogP contribution in [0.2, 0.25) is 0 Å². The Hall–Kier alpha value is -3.52. The first kappa shape index (κ1) is 26.5. The van der Waals surface area contributed by atoms with Crippen LogP contribution in [0, 0.1) is 23.6 Å². The molecule has 1 atom stereocenters. The van der Waals surface area contributed by atoms with Crippen molar-refractivity contribution in [3.05, 3.63) is 82.9 Å². The van der Waals surface area contributed by atoms with Gasteiger partial charge in [-0.25, -0.2) is 12.8 Å². The molecule has 8 nitrogen and oxygen atoms in total. The molecule has 1 saturated heterocycles. The zero-order chi connectivity index (χ0) is 26.3. The topological polar surface area (TPSA) is 121 Å². The summed E-state index contributed by atoms with van der Waals surface area (Å²) < 4.78 is 40.0.